The third-order valence-corrected chi connectivity index (χ3v) is 4.16. The molecule has 0 amide bonds. The van der Waals surface area contributed by atoms with E-state index in [-0.39, 0.29) is 5.56 Å². The number of rotatable bonds is 2. The molecule has 1 aliphatic carbocycles. The molecule has 4 rings (SSSR count). The normalized spacial score (nSPS) is 13.8. The molecule has 0 fully saturated rings. The number of aryl methyl sites for hydroxylation is 2. The predicted octanol–water partition coefficient (Wildman–Crippen LogP) is 2.10. The van der Waals surface area contributed by atoms with Crippen LogP contribution >= 0.6 is 0 Å². The lowest BCUT2D eigenvalue weighted by molar-refractivity contribution is 0.686. The molecule has 0 spiro atoms. The first-order valence-electron chi connectivity index (χ1n) is 7.40. The molecule has 0 saturated carbocycles. The maximum absolute atomic E-state index is 12.2. The van der Waals surface area contributed by atoms with Crippen LogP contribution in [0.2, 0.25) is 0 Å². The summed E-state index contributed by atoms with van der Waals surface area (Å²) in [5.41, 5.74) is 4.88. The lowest BCUT2D eigenvalue weighted by Crippen LogP contribution is -2.10. The van der Waals surface area contributed by atoms with Crippen molar-refractivity contribution in [2.24, 2.45) is 0 Å². The van der Waals surface area contributed by atoms with Crippen molar-refractivity contribution in [1.29, 1.82) is 0 Å². The Kier molecular flexibility index (Phi) is 3.07. The molecule has 0 radical (unpaired) electrons. The second kappa shape index (κ2) is 5.22. The highest BCUT2D eigenvalue weighted by molar-refractivity contribution is 5.64. The van der Waals surface area contributed by atoms with Gasteiger partial charge in [0.05, 0.1) is 5.56 Å². The molecule has 0 unspecified atom stereocenters. The monoisotopic (exact) mass is 293 g/mol. The minimum absolute atomic E-state index is 0.211. The summed E-state index contributed by atoms with van der Waals surface area (Å²) in [6.45, 7) is 0. The van der Waals surface area contributed by atoms with Gasteiger partial charge in [-0.1, -0.05) is 12.1 Å². The number of hydrogen-bond donors (Lipinski definition) is 2. The average Bonchev–Trinajstić information content (AvgIpc) is 3.08. The van der Waals surface area contributed by atoms with Crippen LogP contribution in [0, 0.1) is 0 Å². The van der Waals surface area contributed by atoms with Crippen molar-refractivity contribution in [2.75, 3.05) is 0 Å². The van der Waals surface area contributed by atoms with E-state index in [1.807, 2.05) is 6.07 Å². The quantitative estimate of drug-likeness (QED) is 0.757. The number of H-pyrrole nitrogens is 2. The Hall–Kier alpha value is -2.76. The topological polar surface area (TPSA) is 87.3 Å². The third-order valence-electron chi connectivity index (χ3n) is 4.16. The van der Waals surface area contributed by atoms with Crippen LogP contribution in [-0.2, 0) is 12.8 Å². The van der Waals surface area contributed by atoms with E-state index in [9.17, 15) is 4.79 Å². The van der Waals surface area contributed by atoms with Crippen molar-refractivity contribution >= 4 is 0 Å². The minimum Gasteiger partial charge on any atom is -0.321 e. The molecular formula is C16H15N5O. The highest BCUT2D eigenvalue weighted by Crippen LogP contribution is 2.26. The van der Waals surface area contributed by atoms with Gasteiger partial charge in [-0.3, -0.25) is 4.79 Å². The molecule has 3 aromatic rings. The molecule has 110 valence electrons. The van der Waals surface area contributed by atoms with Crippen LogP contribution in [0.4, 0.5) is 0 Å². The first-order valence-corrected chi connectivity index (χ1v) is 7.40. The van der Waals surface area contributed by atoms with Gasteiger partial charge in [-0.2, -0.15) is 5.21 Å². The smallest absolute Gasteiger partial charge is 0.259 e. The molecule has 1 aromatic carbocycles. The fourth-order valence-corrected chi connectivity index (χ4v) is 3.00. The molecule has 6 nitrogen and oxygen atoms in total. The highest BCUT2D eigenvalue weighted by atomic mass is 16.1. The molecule has 2 N–H and O–H groups in total. The van der Waals surface area contributed by atoms with Crippen molar-refractivity contribution in [3.8, 4) is 22.6 Å². The fraction of sp³-hybridized carbons (Fsp3) is 0.250. The first kappa shape index (κ1) is 12.9. The number of aromatic amines is 2. The lowest BCUT2D eigenvalue weighted by Gasteiger charge is -2.16. The van der Waals surface area contributed by atoms with Crippen LogP contribution in [0.1, 0.15) is 24.0 Å². The Morgan fingerprint density at radius 2 is 1.86 bits per heavy atom. The zero-order chi connectivity index (χ0) is 14.9. The van der Waals surface area contributed by atoms with Crippen LogP contribution in [-0.4, -0.2) is 25.6 Å². The molecule has 2 heterocycles. The van der Waals surface area contributed by atoms with Crippen LogP contribution in [0.25, 0.3) is 22.6 Å². The number of pyridine rings is 1. The van der Waals surface area contributed by atoms with Gasteiger partial charge >= 0.3 is 0 Å². The summed E-state index contributed by atoms with van der Waals surface area (Å²) < 4.78 is 0. The molecule has 6 heteroatoms. The number of benzene rings is 1. The van der Waals surface area contributed by atoms with E-state index in [1.165, 1.54) is 24.0 Å². The molecule has 1 aliphatic rings. The average molecular weight is 293 g/mol. The first-order chi connectivity index (χ1) is 10.8. The van der Waals surface area contributed by atoms with Gasteiger partial charge < -0.3 is 4.98 Å². The van der Waals surface area contributed by atoms with E-state index < -0.39 is 0 Å². The molecule has 0 bridgehead atoms. The van der Waals surface area contributed by atoms with E-state index in [0.29, 0.717) is 11.4 Å². The largest absolute Gasteiger partial charge is 0.321 e. The number of hydrogen-bond acceptors (Lipinski definition) is 4. The Labute approximate surface area is 126 Å². The third kappa shape index (κ3) is 2.22. The molecule has 22 heavy (non-hydrogen) atoms. The molecule has 0 saturated heterocycles. The predicted molar refractivity (Wildman–Crippen MR) is 82.3 cm³/mol. The van der Waals surface area contributed by atoms with Crippen LogP contribution < -0.4 is 5.56 Å². The summed E-state index contributed by atoms with van der Waals surface area (Å²) in [7, 11) is 0. The van der Waals surface area contributed by atoms with Crippen LogP contribution in [0.3, 0.4) is 0 Å². The standard InChI is InChI=1S/C16H15N5O/c22-16-13(15-18-20-21-19-15)7-8-14(17-16)12-6-5-10-3-1-2-4-11(10)9-12/h5-9H,1-4H2,(H,17,22)(H,18,19,20,21). The zero-order valence-electron chi connectivity index (χ0n) is 12.0. The SMILES string of the molecule is O=c1[nH]c(-c2ccc3c(c2)CCCC3)ccc1-c1nn[nH]n1. The minimum atomic E-state index is -0.211. The Morgan fingerprint density at radius 3 is 2.64 bits per heavy atom. The summed E-state index contributed by atoms with van der Waals surface area (Å²) in [5.74, 6) is 0.304. The van der Waals surface area contributed by atoms with Crippen LogP contribution in [0.15, 0.2) is 35.1 Å². The lowest BCUT2D eigenvalue weighted by atomic mass is 9.90. The van der Waals surface area contributed by atoms with Crippen molar-refractivity contribution < 1.29 is 0 Å². The number of nitrogens with zero attached hydrogens (tertiary/aromatic N) is 3. The van der Waals surface area contributed by atoms with Gasteiger partial charge in [0.2, 0.25) is 5.82 Å². The van der Waals surface area contributed by atoms with Crippen molar-refractivity contribution in [3.05, 3.63) is 51.8 Å². The summed E-state index contributed by atoms with van der Waals surface area (Å²) in [6.07, 6.45) is 4.78. The number of tetrazole rings is 1. The number of nitrogens with one attached hydrogen (secondary N) is 2. The van der Waals surface area contributed by atoms with Gasteiger partial charge in [0.25, 0.3) is 5.56 Å². The maximum atomic E-state index is 12.2. The second-order valence-electron chi connectivity index (χ2n) is 5.54. The summed E-state index contributed by atoms with van der Waals surface area (Å²) >= 11 is 0. The van der Waals surface area contributed by atoms with E-state index in [1.54, 1.807) is 6.07 Å². The van der Waals surface area contributed by atoms with E-state index in [4.69, 9.17) is 0 Å². The van der Waals surface area contributed by atoms with E-state index in [2.05, 4.69) is 43.8 Å². The van der Waals surface area contributed by atoms with Gasteiger partial charge in [-0.15, -0.1) is 10.2 Å². The summed E-state index contributed by atoms with van der Waals surface area (Å²) in [4.78, 5) is 15.1. The molecule has 2 aromatic heterocycles. The zero-order valence-corrected chi connectivity index (χ0v) is 12.0. The van der Waals surface area contributed by atoms with Crippen molar-refractivity contribution in [2.45, 2.75) is 25.7 Å². The van der Waals surface area contributed by atoms with Gasteiger partial charge in [0, 0.05) is 5.69 Å². The summed E-state index contributed by atoms with van der Waals surface area (Å²) in [6, 6.07) is 10.1. The van der Waals surface area contributed by atoms with Gasteiger partial charge in [0.1, 0.15) is 0 Å². The van der Waals surface area contributed by atoms with Gasteiger partial charge in [0.15, 0.2) is 0 Å². The van der Waals surface area contributed by atoms with E-state index >= 15 is 0 Å². The number of aromatic nitrogens is 5. The molecule has 0 aliphatic heterocycles. The van der Waals surface area contributed by atoms with Crippen LogP contribution in [0.5, 0.6) is 0 Å². The van der Waals surface area contributed by atoms with Crippen molar-refractivity contribution in [1.82, 2.24) is 25.6 Å². The highest BCUT2D eigenvalue weighted by Gasteiger charge is 2.12. The second-order valence-corrected chi connectivity index (χ2v) is 5.54. The van der Waals surface area contributed by atoms with E-state index in [0.717, 1.165) is 24.1 Å². The maximum Gasteiger partial charge on any atom is 0.259 e. The number of fused-ring (bicyclic) bond motifs is 1. The Bertz CT molecular complexity index is 866. The summed E-state index contributed by atoms with van der Waals surface area (Å²) in [5, 5.41) is 13.5. The fourth-order valence-electron chi connectivity index (χ4n) is 3.00. The van der Waals surface area contributed by atoms with Gasteiger partial charge in [-0.25, -0.2) is 0 Å². The van der Waals surface area contributed by atoms with Crippen molar-refractivity contribution in [3.63, 3.8) is 0 Å². The molecular weight excluding hydrogens is 278 g/mol. The molecule has 0 atom stereocenters. The Morgan fingerprint density at radius 1 is 1.00 bits per heavy atom. The Balaban J connectivity index is 1.74. The van der Waals surface area contributed by atoms with Gasteiger partial charge in [-0.05, 0) is 65.8 Å².